The molecule has 0 saturated carbocycles. The van der Waals surface area contributed by atoms with E-state index in [1.807, 2.05) is 62.6 Å². The second-order valence-electron chi connectivity index (χ2n) is 4.78. The molecule has 0 spiro atoms. The minimum absolute atomic E-state index is 0.685. The fourth-order valence-corrected chi connectivity index (χ4v) is 1.88. The predicted molar refractivity (Wildman–Crippen MR) is 85.2 cm³/mol. The Bertz CT molecular complexity index is 540. The Labute approximate surface area is 125 Å². The van der Waals surface area contributed by atoms with Crippen molar-refractivity contribution in [1.29, 1.82) is 0 Å². The minimum Gasteiger partial charge on any atom is -0.492 e. The molecule has 0 bridgehead atoms. The predicted octanol–water partition coefficient (Wildman–Crippen LogP) is 4.02. The molecule has 4 heteroatoms. The van der Waals surface area contributed by atoms with Gasteiger partial charge in [-0.15, -0.1) is 0 Å². The van der Waals surface area contributed by atoms with Crippen LogP contribution in [0.5, 0.6) is 5.75 Å². The van der Waals surface area contributed by atoms with Crippen LogP contribution in [0.4, 0.5) is 11.4 Å². The fraction of sp³-hybridized carbons (Fsp3) is 0.250. The Kier molecular flexibility index (Phi) is 5.27. The number of hydrogen-bond acceptors (Lipinski definition) is 3. The summed E-state index contributed by atoms with van der Waals surface area (Å²) >= 11 is 6.11. The van der Waals surface area contributed by atoms with Crippen LogP contribution in [0.25, 0.3) is 0 Å². The van der Waals surface area contributed by atoms with Crippen molar-refractivity contribution in [1.82, 2.24) is 4.90 Å². The zero-order chi connectivity index (χ0) is 14.4. The third-order valence-electron chi connectivity index (χ3n) is 2.81. The Morgan fingerprint density at radius 2 is 1.75 bits per heavy atom. The van der Waals surface area contributed by atoms with Crippen LogP contribution in [0.3, 0.4) is 0 Å². The van der Waals surface area contributed by atoms with Gasteiger partial charge in [-0.25, -0.2) is 0 Å². The lowest BCUT2D eigenvalue weighted by molar-refractivity contribution is 0.261. The van der Waals surface area contributed by atoms with Crippen molar-refractivity contribution >= 4 is 23.0 Å². The van der Waals surface area contributed by atoms with Gasteiger partial charge in [0.05, 0.1) is 10.7 Å². The number of rotatable bonds is 6. The third kappa shape index (κ3) is 4.44. The van der Waals surface area contributed by atoms with E-state index in [1.165, 1.54) is 0 Å². The van der Waals surface area contributed by atoms with Crippen LogP contribution in [0.2, 0.25) is 5.02 Å². The van der Waals surface area contributed by atoms with Gasteiger partial charge in [0.25, 0.3) is 0 Å². The number of hydrogen-bond donors (Lipinski definition) is 1. The van der Waals surface area contributed by atoms with Gasteiger partial charge in [0.15, 0.2) is 0 Å². The molecule has 0 heterocycles. The summed E-state index contributed by atoms with van der Waals surface area (Å²) in [6.45, 7) is 1.59. The molecule has 0 unspecified atom stereocenters. The van der Waals surface area contributed by atoms with Gasteiger partial charge < -0.3 is 15.0 Å². The number of nitrogens with one attached hydrogen (secondary N) is 1. The molecule has 106 valence electrons. The van der Waals surface area contributed by atoms with E-state index in [0.29, 0.717) is 11.6 Å². The summed E-state index contributed by atoms with van der Waals surface area (Å²) in [5.41, 5.74) is 1.88. The van der Waals surface area contributed by atoms with Gasteiger partial charge in [0.2, 0.25) is 0 Å². The molecule has 20 heavy (non-hydrogen) atoms. The van der Waals surface area contributed by atoms with E-state index < -0.39 is 0 Å². The number of ether oxygens (including phenoxy) is 1. The van der Waals surface area contributed by atoms with Gasteiger partial charge in [-0.2, -0.15) is 0 Å². The molecule has 1 N–H and O–H groups in total. The van der Waals surface area contributed by atoms with E-state index in [0.717, 1.165) is 23.7 Å². The first kappa shape index (κ1) is 14.7. The molecule has 0 aliphatic carbocycles. The summed E-state index contributed by atoms with van der Waals surface area (Å²) in [5.74, 6) is 0.872. The number of halogens is 1. The van der Waals surface area contributed by atoms with Crippen LogP contribution >= 0.6 is 11.6 Å². The van der Waals surface area contributed by atoms with Gasteiger partial charge in [0, 0.05) is 12.2 Å². The molecule has 0 aliphatic heterocycles. The Morgan fingerprint density at radius 1 is 1.05 bits per heavy atom. The molecule has 0 aliphatic rings. The molecule has 2 aromatic rings. The first-order valence-electron chi connectivity index (χ1n) is 6.54. The highest BCUT2D eigenvalue weighted by Crippen LogP contribution is 2.25. The number of nitrogens with zero attached hydrogens (tertiary/aromatic N) is 1. The number of para-hydroxylation sites is 1. The summed E-state index contributed by atoms with van der Waals surface area (Å²) in [5, 5.41) is 3.99. The van der Waals surface area contributed by atoms with Gasteiger partial charge in [-0.1, -0.05) is 23.7 Å². The summed E-state index contributed by atoms with van der Waals surface area (Å²) in [7, 11) is 4.06. The van der Waals surface area contributed by atoms with E-state index in [-0.39, 0.29) is 0 Å². The van der Waals surface area contributed by atoms with E-state index in [2.05, 4.69) is 10.2 Å². The standard InChI is InChI=1S/C16H19ClN2O/c1-19(2)11-12-20-14-9-7-13(8-10-14)18-16-6-4-3-5-15(16)17/h3-10,18H,11-12H2,1-2H3. The maximum Gasteiger partial charge on any atom is 0.119 e. The van der Waals surface area contributed by atoms with Crippen LogP contribution in [0.1, 0.15) is 0 Å². The van der Waals surface area contributed by atoms with Crippen molar-refractivity contribution < 1.29 is 4.74 Å². The highest BCUT2D eigenvalue weighted by atomic mass is 35.5. The van der Waals surface area contributed by atoms with Gasteiger partial charge in [0.1, 0.15) is 12.4 Å². The van der Waals surface area contributed by atoms with E-state index in [1.54, 1.807) is 0 Å². The molecule has 0 atom stereocenters. The third-order valence-corrected chi connectivity index (χ3v) is 3.14. The van der Waals surface area contributed by atoms with Gasteiger partial charge >= 0.3 is 0 Å². The van der Waals surface area contributed by atoms with Crippen molar-refractivity contribution in [2.45, 2.75) is 0 Å². The number of benzene rings is 2. The smallest absolute Gasteiger partial charge is 0.119 e. The highest BCUT2D eigenvalue weighted by molar-refractivity contribution is 6.33. The lowest BCUT2D eigenvalue weighted by Gasteiger charge is -2.12. The van der Waals surface area contributed by atoms with Crippen molar-refractivity contribution in [2.24, 2.45) is 0 Å². The summed E-state index contributed by atoms with van der Waals surface area (Å²) in [6, 6.07) is 15.5. The zero-order valence-corrected chi connectivity index (χ0v) is 12.5. The molecular formula is C16H19ClN2O. The Hall–Kier alpha value is -1.71. The first-order valence-corrected chi connectivity index (χ1v) is 6.92. The maximum absolute atomic E-state index is 6.11. The molecule has 0 radical (unpaired) electrons. The SMILES string of the molecule is CN(C)CCOc1ccc(Nc2ccccc2Cl)cc1. The fourth-order valence-electron chi connectivity index (χ4n) is 1.70. The topological polar surface area (TPSA) is 24.5 Å². The van der Waals surface area contributed by atoms with Crippen molar-refractivity contribution in [2.75, 3.05) is 32.6 Å². The summed E-state index contributed by atoms with van der Waals surface area (Å²) in [4.78, 5) is 2.09. The average molecular weight is 291 g/mol. The van der Waals surface area contributed by atoms with Crippen molar-refractivity contribution in [3.63, 3.8) is 0 Å². The minimum atomic E-state index is 0.685. The van der Waals surface area contributed by atoms with Gasteiger partial charge in [-0.05, 0) is 50.5 Å². The van der Waals surface area contributed by atoms with Crippen LogP contribution < -0.4 is 10.1 Å². The Balaban J connectivity index is 1.93. The molecule has 0 amide bonds. The van der Waals surface area contributed by atoms with Crippen LogP contribution in [0, 0.1) is 0 Å². The second kappa shape index (κ2) is 7.17. The second-order valence-corrected chi connectivity index (χ2v) is 5.19. The van der Waals surface area contributed by atoms with Gasteiger partial charge in [-0.3, -0.25) is 0 Å². The summed E-state index contributed by atoms with van der Waals surface area (Å²) < 4.78 is 5.65. The van der Waals surface area contributed by atoms with Crippen molar-refractivity contribution in [3.05, 3.63) is 53.6 Å². The monoisotopic (exact) mass is 290 g/mol. The molecule has 0 saturated heterocycles. The molecule has 0 fully saturated rings. The quantitative estimate of drug-likeness (QED) is 0.869. The largest absolute Gasteiger partial charge is 0.492 e. The van der Waals surface area contributed by atoms with E-state index >= 15 is 0 Å². The lowest BCUT2D eigenvalue weighted by Crippen LogP contribution is -2.19. The lowest BCUT2D eigenvalue weighted by atomic mass is 10.2. The Morgan fingerprint density at radius 3 is 2.40 bits per heavy atom. The van der Waals surface area contributed by atoms with E-state index in [4.69, 9.17) is 16.3 Å². The first-order chi connectivity index (χ1) is 9.65. The molecule has 2 rings (SSSR count). The molecule has 2 aromatic carbocycles. The van der Waals surface area contributed by atoms with Crippen LogP contribution in [-0.2, 0) is 0 Å². The summed E-state index contributed by atoms with van der Waals surface area (Å²) in [6.07, 6.45) is 0. The van der Waals surface area contributed by atoms with Crippen LogP contribution in [-0.4, -0.2) is 32.1 Å². The highest BCUT2D eigenvalue weighted by Gasteiger charge is 2.00. The average Bonchev–Trinajstić information content (AvgIpc) is 2.43. The molecular weight excluding hydrogens is 272 g/mol. The van der Waals surface area contributed by atoms with Crippen LogP contribution in [0.15, 0.2) is 48.5 Å². The zero-order valence-electron chi connectivity index (χ0n) is 11.8. The maximum atomic E-state index is 6.11. The molecule has 3 nitrogen and oxygen atoms in total. The van der Waals surface area contributed by atoms with Crippen molar-refractivity contribution in [3.8, 4) is 5.75 Å². The molecule has 0 aromatic heterocycles. The number of anilines is 2. The number of likely N-dealkylation sites (N-methyl/N-ethyl adjacent to an activating group) is 1. The normalized spacial score (nSPS) is 10.6. The van der Waals surface area contributed by atoms with E-state index in [9.17, 15) is 0 Å².